The second-order valence-electron chi connectivity index (χ2n) is 8.89. The van der Waals surface area contributed by atoms with Crippen LogP contribution < -0.4 is 21.3 Å². The Balaban J connectivity index is 1.38. The lowest BCUT2D eigenvalue weighted by atomic mass is 10.3. The number of carbonyl (C=O) groups excluding carboxylic acids is 1. The fourth-order valence-corrected chi connectivity index (χ4v) is 6.31. The molecule has 0 aliphatic carbocycles. The van der Waals surface area contributed by atoms with E-state index >= 15 is 0 Å². The molecule has 1 aromatic carbocycles. The first kappa shape index (κ1) is 31.5. The summed E-state index contributed by atoms with van der Waals surface area (Å²) in [5.74, 6) is 0.214. The first-order valence-corrected chi connectivity index (χ1v) is 16.2. The van der Waals surface area contributed by atoms with Crippen LogP contribution in [-0.2, 0) is 14.6 Å². The fraction of sp³-hybridized carbons (Fsp3) is 0.280. The summed E-state index contributed by atoms with van der Waals surface area (Å²) in [5, 5.41) is 29.2. The molecule has 3 heterocycles. The maximum atomic E-state index is 12.8. The summed E-state index contributed by atoms with van der Waals surface area (Å²) < 4.78 is 26.2. The highest BCUT2D eigenvalue weighted by atomic mass is 35.5. The molecule has 42 heavy (non-hydrogen) atoms. The van der Waals surface area contributed by atoms with Gasteiger partial charge < -0.3 is 21.1 Å². The second-order valence-corrected chi connectivity index (χ2v) is 14.0. The Kier molecular flexibility index (Phi) is 11.0. The summed E-state index contributed by atoms with van der Waals surface area (Å²) >= 11 is 8.83. The third-order valence-electron chi connectivity index (χ3n) is 5.45. The Hall–Kier alpha value is -3.41. The summed E-state index contributed by atoms with van der Waals surface area (Å²) in [5.41, 5.74) is 0.962. The van der Waals surface area contributed by atoms with Crippen molar-refractivity contribution in [2.45, 2.75) is 39.8 Å². The highest BCUT2D eigenvalue weighted by Crippen LogP contribution is 2.32. The third kappa shape index (κ3) is 8.56. The molecule has 5 N–H and O–H groups in total. The number of pyridine rings is 1. The summed E-state index contributed by atoms with van der Waals surface area (Å²) in [6.45, 7) is 3.96. The Bertz CT molecular complexity index is 1620. The average Bonchev–Trinajstić information content (AvgIpc) is 3.40. The highest BCUT2D eigenvalue weighted by Gasteiger charge is 2.23. The lowest BCUT2D eigenvalue weighted by molar-refractivity contribution is -0.115. The molecule has 3 aromatic heterocycles. The van der Waals surface area contributed by atoms with Crippen molar-refractivity contribution in [2.75, 3.05) is 35.6 Å². The van der Waals surface area contributed by atoms with E-state index < -0.39 is 15.1 Å². The quantitative estimate of drug-likeness (QED) is 0.0972. The van der Waals surface area contributed by atoms with Crippen molar-refractivity contribution in [3.8, 4) is 0 Å². The van der Waals surface area contributed by atoms with Gasteiger partial charge in [0.05, 0.1) is 40.5 Å². The SMILES string of the molecule is CC(C)S(=O)(=O)c1ccccc1Nc1nc(Nc2ccc(Sc3nnc(NC(=O)CNCCCO)s3)nc2)ncc1Cl. The first-order chi connectivity index (χ1) is 20.2. The number of nitrogens with zero attached hydrogens (tertiary/aromatic N) is 5. The van der Waals surface area contributed by atoms with Gasteiger partial charge >= 0.3 is 0 Å². The number of hydrogen-bond acceptors (Lipinski definition) is 14. The van der Waals surface area contributed by atoms with E-state index in [1.807, 2.05) is 0 Å². The lowest BCUT2D eigenvalue weighted by Gasteiger charge is -2.15. The average molecular weight is 650 g/mol. The smallest absolute Gasteiger partial charge is 0.240 e. The Morgan fingerprint density at radius 2 is 1.90 bits per heavy atom. The topological polar surface area (TPSA) is 184 Å². The van der Waals surface area contributed by atoms with Crippen molar-refractivity contribution in [1.82, 2.24) is 30.5 Å². The van der Waals surface area contributed by atoms with Crippen molar-refractivity contribution in [1.29, 1.82) is 0 Å². The number of aliphatic hydroxyl groups excluding tert-OH is 1. The van der Waals surface area contributed by atoms with Crippen LogP contribution in [0.5, 0.6) is 0 Å². The van der Waals surface area contributed by atoms with Crippen molar-refractivity contribution in [2.24, 2.45) is 0 Å². The molecule has 222 valence electrons. The van der Waals surface area contributed by atoms with Gasteiger partial charge in [0.2, 0.25) is 17.0 Å². The number of carbonyl (C=O) groups is 1. The maximum absolute atomic E-state index is 12.8. The zero-order valence-electron chi connectivity index (χ0n) is 22.5. The molecule has 13 nitrogen and oxygen atoms in total. The minimum Gasteiger partial charge on any atom is -0.396 e. The zero-order chi connectivity index (χ0) is 30.1. The molecule has 4 aromatic rings. The van der Waals surface area contributed by atoms with Gasteiger partial charge in [-0.2, -0.15) is 4.98 Å². The molecule has 1 amide bonds. The molecule has 0 fully saturated rings. The van der Waals surface area contributed by atoms with E-state index in [9.17, 15) is 13.2 Å². The minimum absolute atomic E-state index is 0.0635. The highest BCUT2D eigenvalue weighted by molar-refractivity contribution is 8.01. The molecule has 0 saturated heterocycles. The minimum atomic E-state index is -3.55. The number of aliphatic hydroxyl groups is 1. The van der Waals surface area contributed by atoms with Crippen LogP contribution in [0.25, 0.3) is 0 Å². The monoisotopic (exact) mass is 649 g/mol. The van der Waals surface area contributed by atoms with Crippen molar-refractivity contribution < 1.29 is 18.3 Å². The molecule has 0 saturated carbocycles. The van der Waals surface area contributed by atoms with Crippen LogP contribution in [0.4, 0.5) is 28.3 Å². The summed E-state index contributed by atoms with van der Waals surface area (Å²) in [6, 6.07) is 10.1. The number of rotatable bonds is 14. The Labute approximate surface area is 255 Å². The van der Waals surface area contributed by atoms with Crippen LogP contribution in [0.1, 0.15) is 20.3 Å². The molecule has 4 rings (SSSR count). The van der Waals surface area contributed by atoms with Gasteiger partial charge in [0.15, 0.2) is 20.0 Å². The molecular formula is C25H28ClN9O4S3. The Morgan fingerprint density at radius 3 is 2.64 bits per heavy atom. The first-order valence-electron chi connectivity index (χ1n) is 12.6. The molecule has 0 unspecified atom stereocenters. The summed E-state index contributed by atoms with van der Waals surface area (Å²) in [7, 11) is -3.55. The predicted molar refractivity (Wildman–Crippen MR) is 164 cm³/mol. The van der Waals surface area contributed by atoms with Crippen LogP contribution in [0.15, 0.2) is 63.1 Å². The molecular weight excluding hydrogens is 622 g/mol. The zero-order valence-corrected chi connectivity index (χ0v) is 25.7. The van der Waals surface area contributed by atoms with Crippen LogP contribution in [0.2, 0.25) is 5.02 Å². The standard InChI is InChI=1S/C25H28ClN9O4S3/c1-15(2)42(38,39)19-7-4-3-6-18(19)31-22-17(26)13-29-23(33-22)30-16-8-9-21(28-12-16)40-25-35-34-24(41-25)32-20(37)14-27-10-5-11-36/h3-4,6-9,12-13,15,27,36H,5,10-11,14H2,1-2H3,(H,32,34,37)(H2,29,30,31,33). The second kappa shape index (κ2) is 14.7. The predicted octanol–water partition coefficient (Wildman–Crippen LogP) is 4.11. The van der Waals surface area contributed by atoms with E-state index in [1.54, 1.807) is 50.4 Å². The van der Waals surface area contributed by atoms with Crippen LogP contribution in [-0.4, -0.2) is 69.5 Å². The van der Waals surface area contributed by atoms with Gasteiger partial charge in [0, 0.05) is 6.61 Å². The van der Waals surface area contributed by atoms with Gasteiger partial charge in [-0.3, -0.25) is 10.1 Å². The van der Waals surface area contributed by atoms with E-state index in [0.717, 1.165) is 0 Å². The van der Waals surface area contributed by atoms with E-state index in [-0.39, 0.29) is 40.7 Å². The summed E-state index contributed by atoms with van der Waals surface area (Å²) in [4.78, 5) is 25.2. The van der Waals surface area contributed by atoms with Crippen LogP contribution >= 0.6 is 34.7 Å². The number of sulfone groups is 1. The Morgan fingerprint density at radius 1 is 1.10 bits per heavy atom. The molecule has 0 atom stereocenters. The van der Waals surface area contributed by atoms with Crippen molar-refractivity contribution in [3.63, 3.8) is 0 Å². The van der Waals surface area contributed by atoms with Crippen LogP contribution in [0, 0.1) is 0 Å². The van der Waals surface area contributed by atoms with Crippen molar-refractivity contribution in [3.05, 3.63) is 53.8 Å². The normalized spacial score (nSPS) is 11.5. The van der Waals surface area contributed by atoms with Crippen molar-refractivity contribution >= 4 is 78.7 Å². The van der Waals surface area contributed by atoms with Gasteiger partial charge in [-0.15, -0.1) is 10.2 Å². The molecule has 17 heteroatoms. The number of hydrogen-bond donors (Lipinski definition) is 5. The number of para-hydroxylation sites is 1. The van der Waals surface area contributed by atoms with Gasteiger partial charge in [-0.25, -0.2) is 18.4 Å². The maximum Gasteiger partial charge on any atom is 0.240 e. The molecule has 0 aliphatic heterocycles. The van der Waals surface area contributed by atoms with Gasteiger partial charge in [0.25, 0.3) is 0 Å². The van der Waals surface area contributed by atoms with E-state index in [0.29, 0.717) is 38.8 Å². The number of benzene rings is 1. The van der Waals surface area contributed by atoms with E-state index in [1.165, 1.54) is 35.4 Å². The largest absolute Gasteiger partial charge is 0.396 e. The molecule has 0 radical (unpaired) electrons. The number of anilines is 5. The lowest BCUT2D eigenvalue weighted by Crippen LogP contribution is -2.29. The fourth-order valence-electron chi connectivity index (χ4n) is 3.32. The third-order valence-corrected chi connectivity index (χ3v) is 9.77. The van der Waals surface area contributed by atoms with Gasteiger partial charge in [-0.1, -0.05) is 35.1 Å². The molecule has 0 bridgehead atoms. The van der Waals surface area contributed by atoms with E-state index in [2.05, 4.69) is 46.4 Å². The number of nitrogens with one attached hydrogen (secondary N) is 4. The molecule has 0 spiro atoms. The number of halogens is 1. The summed E-state index contributed by atoms with van der Waals surface area (Å²) in [6.07, 6.45) is 3.58. The van der Waals surface area contributed by atoms with Crippen LogP contribution in [0.3, 0.4) is 0 Å². The van der Waals surface area contributed by atoms with Gasteiger partial charge in [-0.05, 0) is 62.8 Å². The van der Waals surface area contributed by atoms with Gasteiger partial charge in [0.1, 0.15) is 10.0 Å². The number of aromatic nitrogens is 5. The van der Waals surface area contributed by atoms with E-state index in [4.69, 9.17) is 16.7 Å². The number of amides is 1. The molecule has 0 aliphatic rings.